The maximum absolute atomic E-state index is 4.85. The molecule has 0 amide bonds. The molecule has 0 saturated heterocycles. The fourth-order valence-corrected chi connectivity index (χ4v) is 2.31. The number of rotatable bonds is 0. The van der Waals surface area contributed by atoms with Gasteiger partial charge in [-0.2, -0.15) is 0 Å². The topological polar surface area (TPSA) is 104 Å². The molecule has 0 saturated carbocycles. The molecular formula is C62H116N4. The van der Waals surface area contributed by atoms with Crippen LogP contribution in [0.4, 0.5) is 0 Å². The average Bonchev–Trinajstić information content (AvgIpc) is 3.43. The first-order chi connectivity index (χ1) is 32.5. The highest BCUT2D eigenvalue weighted by Gasteiger charge is 1.61. The zero-order valence-electron chi connectivity index (χ0n) is 47.3. The van der Waals surface area contributed by atoms with Crippen LogP contribution >= 0.6 is 0 Å². The second-order valence-corrected chi connectivity index (χ2v) is 9.98. The van der Waals surface area contributed by atoms with E-state index in [-0.39, 0.29) is 0 Å². The zero-order valence-corrected chi connectivity index (χ0v) is 47.3. The van der Waals surface area contributed by atoms with E-state index in [1.165, 1.54) is 12.8 Å². The quantitative estimate of drug-likeness (QED) is 0.122. The Morgan fingerprint density at radius 3 is 0.182 bits per heavy atom. The van der Waals surface area contributed by atoms with Crippen molar-refractivity contribution in [1.82, 2.24) is 0 Å². The highest BCUT2D eigenvalue weighted by molar-refractivity contribution is 5.02. The minimum atomic E-state index is 0.750. The van der Waals surface area contributed by atoms with Crippen molar-refractivity contribution in [2.45, 2.75) is 151 Å². The summed E-state index contributed by atoms with van der Waals surface area (Å²) in [4.78, 5) is 0. The van der Waals surface area contributed by atoms with Crippen LogP contribution in [0.2, 0.25) is 0 Å². The maximum Gasteiger partial charge on any atom is -0.0106 e. The zero-order chi connectivity index (χ0) is 53.7. The lowest BCUT2D eigenvalue weighted by Gasteiger charge is -1.69. The van der Waals surface area contributed by atoms with Gasteiger partial charge in [0.2, 0.25) is 0 Å². The van der Waals surface area contributed by atoms with Gasteiger partial charge in [0.15, 0.2) is 0 Å². The van der Waals surface area contributed by atoms with E-state index in [2.05, 4.69) is 27.7 Å². The average molecular weight is 918 g/mol. The van der Waals surface area contributed by atoms with Gasteiger partial charge in [0, 0.05) is 0 Å². The summed E-state index contributed by atoms with van der Waals surface area (Å²) in [5.41, 5.74) is 19.4. The van der Waals surface area contributed by atoms with Gasteiger partial charge in [0.25, 0.3) is 0 Å². The number of benzene rings is 6. The van der Waals surface area contributed by atoms with Crippen LogP contribution in [-0.4, -0.2) is 26.2 Å². The summed E-state index contributed by atoms with van der Waals surface area (Å²) in [7, 11) is 0. The molecule has 0 heterocycles. The van der Waals surface area contributed by atoms with Crippen molar-refractivity contribution in [1.29, 1.82) is 0 Å². The van der Waals surface area contributed by atoms with E-state index >= 15 is 0 Å². The SMILES string of the molecule is CC.CC.CC.CC.CC.CC.CCC.CCC.CCN.CCN.CCN.CCN.c1ccccc1.c1ccccc1.c1ccccc1.c1ccccc1.c1ccccc1.c1ccccc1. The third-order valence-corrected chi connectivity index (χ3v) is 4.00. The molecule has 4 heteroatoms. The van der Waals surface area contributed by atoms with E-state index in [9.17, 15) is 0 Å². The van der Waals surface area contributed by atoms with Gasteiger partial charge in [-0.3, -0.25) is 0 Å². The molecule has 0 bridgehead atoms. The molecule has 0 aliphatic carbocycles. The summed E-state index contributed by atoms with van der Waals surface area (Å²) < 4.78 is 0. The Balaban J connectivity index is -0.0000000477. The number of hydrogen-bond donors (Lipinski definition) is 4. The lowest BCUT2D eigenvalue weighted by Crippen LogP contribution is -1.87. The van der Waals surface area contributed by atoms with Crippen molar-refractivity contribution in [3.05, 3.63) is 218 Å². The molecule has 0 atom stereocenters. The summed E-state index contributed by atoms with van der Waals surface area (Å²) in [6, 6.07) is 72.0. The van der Waals surface area contributed by atoms with Gasteiger partial charge in [-0.05, 0) is 26.2 Å². The first kappa shape index (κ1) is 91.6. The molecule has 0 aliphatic rings. The van der Waals surface area contributed by atoms with Crippen molar-refractivity contribution in [2.75, 3.05) is 26.2 Å². The largest absolute Gasteiger partial charge is 0.331 e. The standard InChI is InChI=1S/6C6H6.2C3H8.4C2H7N.6C2H6/c6*1-2-4-6-5-3-1;2*1-3-2;4*1-2-3;6*1-2/h6*1-6H;2*3H2,1-2H3;4*2-3H2,1H3;6*1-2H3. The molecule has 6 aromatic rings. The highest BCUT2D eigenvalue weighted by atomic mass is 14.5. The van der Waals surface area contributed by atoms with Crippen molar-refractivity contribution in [2.24, 2.45) is 22.9 Å². The van der Waals surface area contributed by atoms with Gasteiger partial charge in [-0.1, -0.05) is 370 Å². The lowest BCUT2D eigenvalue weighted by atomic mass is 10.4. The minimum absolute atomic E-state index is 0.750. The molecule has 8 N–H and O–H groups in total. The van der Waals surface area contributed by atoms with Gasteiger partial charge in [-0.15, -0.1) is 0 Å². The van der Waals surface area contributed by atoms with Crippen LogP contribution in [0.1, 0.15) is 151 Å². The molecule has 0 aliphatic heterocycles. The molecule has 0 fully saturated rings. The Kier molecular flexibility index (Phi) is 212. The Labute approximate surface area is 417 Å². The van der Waals surface area contributed by atoms with Gasteiger partial charge in [-0.25, -0.2) is 0 Å². The van der Waals surface area contributed by atoms with Crippen molar-refractivity contribution in [3.8, 4) is 0 Å². The Morgan fingerprint density at radius 1 is 0.152 bits per heavy atom. The first-order valence-corrected chi connectivity index (χ1v) is 25.3. The van der Waals surface area contributed by atoms with Gasteiger partial charge >= 0.3 is 0 Å². The maximum atomic E-state index is 4.85. The molecule has 0 unspecified atom stereocenters. The lowest BCUT2D eigenvalue weighted by molar-refractivity contribution is 1.09. The second kappa shape index (κ2) is 152. The van der Waals surface area contributed by atoms with E-state index in [1.807, 2.05) is 329 Å². The highest BCUT2D eigenvalue weighted by Crippen LogP contribution is 1.83. The van der Waals surface area contributed by atoms with E-state index in [0.29, 0.717) is 0 Å². The molecule has 0 spiro atoms. The number of nitrogens with two attached hydrogens (primary N) is 4. The predicted octanol–water partition coefficient (Wildman–Crippen LogP) is 19.0. The predicted molar refractivity (Wildman–Crippen MR) is 318 cm³/mol. The molecule has 0 radical (unpaired) electrons. The Hall–Kier alpha value is -4.84. The summed E-state index contributed by atoms with van der Waals surface area (Å²) in [5, 5.41) is 0. The van der Waals surface area contributed by atoms with Crippen molar-refractivity contribution < 1.29 is 0 Å². The van der Waals surface area contributed by atoms with Crippen LogP contribution in [0.3, 0.4) is 0 Å². The third-order valence-electron chi connectivity index (χ3n) is 4.00. The van der Waals surface area contributed by atoms with E-state index in [1.54, 1.807) is 0 Å². The van der Waals surface area contributed by atoms with E-state index in [4.69, 9.17) is 22.9 Å². The monoisotopic (exact) mass is 917 g/mol. The molecule has 0 aromatic heterocycles. The van der Waals surface area contributed by atoms with Crippen molar-refractivity contribution >= 4 is 0 Å². The van der Waals surface area contributed by atoms with E-state index < -0.39 is 0 Å². The molecule has 6 aromatic carbocycles. The summed E-state index contributed by atoms with van der Waals surface area (Å²) in [5.74, 6) is 0. The molecule has 6 rings (SSSR count). The smallest absolute Gasteiger partial charge is 0.0106 e. The number of hydrogen-bond acceptors (Lipinski definition) is 4. The molecule has 4 nitrogen and oxygen atoms in total. The molecular weight excluding hydrogens is 801 g/mol. The Bertz CT molecular complexity index is 779. The fraction of sp³-hybridized carbons (Fsp3) is 0.419. The van der Waals surface area contributed by atoms with Crippen LogP contribution in [0, 0.1) is 0 Å². The molecule has 384 valence electrons. The van der Waals surface area contributed by atoms with E-state index in [0.717, 1.165) is 26.2 Å². The van der Waals surface area contributed by atoms with Gasteiger partial charge in [0.05, 0.1) is 0 Å². The van der Waals surface area contributed by atoms with Crippen LogP contribution in [0.25, 0.3) is 0 Å². The van der Waals surface area contributed by atoms with Crippen LogP contribution < -0.4 is 22.9 Å². The third kappa shape index (κ3) is 206. The summed E-state index contributed by atoms with van der Waals surface area (Å²) in [6.07, 6.45) is 2.50. The molecule has 66 heavy (non-hydrogen) atoms. The van der Waals surface area contributed by atoms with Crippen molar-refractivity contribution in [3.63, 3.8) is 0 Å². The van der Waals surface area contributed by atoms with Gasteiger partial charge in [0.1, 0.15) is 0 Å². The summed E-state index contributed by atoms with van der Waals surface area (Å²) >= 11 is 0. The fourth-order valence-electron chi connectivity index (χ4n) is 2.31. The van der Waals surface area contributed by atoms with Gasteiger partial charge < -0.3 is 22.9 Å². The normalized spacial score (nSPS) is 6.55. The minimum Gasteiger partial charge on any atom is -0.331 e. The van der Waals surface area contributed by atoms with Crippen LogP contribution in [-0.2, 0) is 0 Å². The Morgan fingerprint density at radius 2 is 0.167 bits per heavy atom. The van der Waals surface area contributed by atoms with Crippen LogP contribution in [0.5, 0.6) is 0 Å². The summed E-state index contributed by atoms with van der Waals surface area (Å²) in [6.45, 7) is 43.1. The second-order valence-electron chi connectivity index (χ2n) is 9.98. The van der Waals surface area contributed by atoms with Crippen LogP contribution in [0.15, 0.2) is 218 Å². The first-order valence-electron chi connectivity index (χ1n) is 25.3.